The third kappa shape index (κ3) is 2.75. The highest BCUT2D eigenvalue weighted by atomic mass is 79.9. The Morgan fingerprint density at radius 1 is 1.11 bits per heavy atom. The van der Waals surface area contributed by atoms with Crippen LogP contribution in [0.4, 0.5) is 0 Å². The lowest BCUT2D eigenvalue weighted by Crippen LogP contribution is -2.29. The van der Waals surface area contributed by atoms with Crippen LogP contribution in [0.3, 0.4) is 0 Å². The van der Waals surface area contributed by atoms with Crippen molar-refractivity contribution in [2.45, 2.75) is 31.2 Å². The zero-order chi connectivity index (χ0) is 13.2. The molecule has 2 atom stereocenters. The van der Waals surface area contributed by atoms with E-state index >= 15 is 0 Å². The van der Waals surface area contributed by atoms with Gasteiger partial charge in [0, 0.05) is 10.5 Å². The predicted molar refractivity (Wildman–Crippen MR) is 83.3 cm³/mol. The standard InChI is InChI=1S/C17H18BrN/c18-14-8-5-12(6-9-14)11-17(19)16-10-7-13-3-1-2-4-15(13)16/h1-6,8-9,16-17H,7,10-11,19H2. The van der Waals surface area contributed by atoms with Crippen molar-refractivity contribution >= 4 is 15.9 Å². The van der Waals surface area contributed by atoms with Crippen molar-refractivity contribution in [1.82, 2.24) is 0 Å². The minimum absolute atomic E-state index is 0.213. The van der Waals surface area contributed by atoms with Gasteiger partial charge in [-0.1, -0.05) is 52.3 Å². The molecule has 0 radical (unpaired) electrons. The molecule has 0 bridgehead atoms. The number of halogens is 1. The van der Waals surface area contributed by atoms with Crippen molar-refractivity contribution in [3.63, 3.8) is 0 Å². The fourth-order valence-electron chi connectivity index (χ4n) is 3.07. The fraction of sp³-hybridized carbons (Fsp3) is 0.294. The molecule has 0 aliphatic heterocycles. The Morgan fingerprint density at radius 2 is 1.84 bits per heavy atom. The lowest BCUT2D eigenvalue weighted by Gasteiger charge is -2.20. The van der Waals surface area contributed by atoms with E-state index in [1.54, 1.807) is 0 Å². The van der Waals surface area contributed by atoms with E-state index in [0.717, 1.165) is 10.9 Å². The lowest BCUT2D eigenvalue weighted by molar-refractivity contribution is 0.525. The molecule has 0 aromatic heterocycles. The van der Waals surface area contributed by atoms with Gasteiger partial charge in [-0.3, -0.25) is 0 Å². The first-order valence-electron chi connectivity index (χ1n) is 6.82. The molecule has 0 fully saturated rings. The molecule has 3 rings (SSSR count). The zero-order valence-electron chi connectivity index (χ0n) is 10.9. The molecule has 2 aromatic rings. The minimum Gasteiger partial charge on any atom is -0.327 e. The molecule has 0 spiro atoms. The highest BCUT2D eigenvalue weighted by Crippen LogP contribution is 2.35. The van der Waals surface area contributed by atoms with Crippen molar-refractivity contribution in [2.75, 3.05) is 0 Å². The van der Waals surface area contributed by atoms with E-state index in [1.165, 1.54) is 29.5 Å². The number of nitrogens with two attached hydrogens (primary N) is 1. The number of hydrogen-bond donors (Lipinski definition) is 1. The second kappa shape index (κ2) is 5.48. The molecular weight excluding hydrogens is 298 g/mol. The van der Waals surface area contributed by atoms with Gasteiger partial charge in [0.15, 0.2) is 0 Å². The number of benzene rings is 2. The molecule has 2 heteroatoms. The summed E-state index contributed by atoms with van der Waals surface area (Å²) in [5.74, 6) is 0.514. The maximum absolute atomic E-state index is 6.45. The Balaban J connectivity index is 1.75. The van der Waals surface area contributed by atoms with Crippen molar-refractivity contribution in [1.29, 1.82) is 0 Å². The SMILES string of the molecule is NC(Cc1ccc(Br)cc1)C1CCc2ccccc21. The van der Waals surface area contributed by atoms with Crippen LogP contribution in [-0.2, 0) is 12.8 Å². The topological polar surface area (TPSA) is 26.0 Å². The summed E-state index contributed by atoms with van der Waals surface area (Å²) in [6.07, 6.45) is 3.32. The van der Waals surface area contributed by atoms with Gasteiger partial charge in [-0.15, -0.1) is 0 Å². The molecule has 2 unspecified atom stereocenters. The van der Waals surface area contributed by atoms with Gasteiger partial charge in [0.05, 0.1) is 0 Å². The maximum Gasteiger partial charge on any atom is 0.0175 e. The average molecular weight is 316 g/mol. The van der Waals surface area contributed by atoms with E-state index in [-0.39, 0.29) is 6.04 Å². The van der Waals surface area contributed by atoms with E-state index in [2.05, 4.69) is 64.5 Å². The quantitative estimate of drug-likeness (QED) is 0.908. The normalized spacial score (nSPS) is 19.2. The second-order valence-corrected chi connectivity index (χ2v) is 6.25. The summed E-state index contributed by atoms with van der Waals surface area (Å²) >= 11 is 3.47. The van der Waals surface area contributed by atoms with Gasteiger partial charge >= 0.3 is 0 Å². The Morgan fingerprint density at radius 3 is 2.63 bits per heavy atom. The summed E-state index contributed by atoms with van der Waals surface area (Å²) in [6, 6.07) is 17.4. The summed E-state index contributed by atoms with van der Waals surface area (Å²) in [6.45, 7) is 0. The van der Waals surface area contributed by atoms with E-state index in [1.807, 2.05) is 0 Å². The number of fused-ring (bicyclic) bond motifs is 1. The first kappa shape index (κ1) is 12.9. The molecular formula is C17H18BrN. The van der Waals surface area contributed by atoms with Crippen LogP contribution in [0.25, 0.3) is 0 Å². The van der Waals surface area contributed by atoms with Crippen molar-refractivity contribution < 1.29 is 0 Å². The minimum atomic E-state index is 0.213. The van der Waals surface area contributed by atoms with E-state index in [9.17, 15) is 0 Å². The van der Waals surface area contributed by atoms with Crippen molar-refractivity contribution in [3.8, 4) is 0 Å². The second-order valence-electron chi connectivity index (χ2n) is 5.34. The first-order valence-corrected chi connectivity index (χ1v) is 7.61. The third-order valence-corrected chi connectivity index (χ3v) is 4.61. The van der Waals surface area contributed by atoms with Gasteiger partial charge in [0.25, 0.3) is 0 Å². The number of rotatable bonds is 3. The summed E-state index contributed by atoms with van der Waals surface area (Å²) in [4.78, 5) is 0. The van der Waals surface area contributed by atoms with Crippen LogP contribution in [0.15, 0.2) is 53.0 Å². The van der Waals surface area contributed by atoms with Gasteiger partial charge in [0.2, 0.25) is 0 Å². The lowest BCUT2D eigenvalue weighted by atomic mass is 9.89. The molecule has 1 aliphatic carbocycles. The molecule has 2 N–H and O–H groups in total. The molecule has 0 saturated heterocycles. The van der Waals surface area contributed by atoms with Crippen molar-refractivity contribution in [3.05, 3.63) is 69.7 Å². The van der Waals surface area contributed by atoms with Crippen LogP contribution in [-0.4, -0.2) is 6.04 Å². The highest BCUT2D eigenvalue weighted by Gasteiger charge is 2.27. The monoisotopic (exact) mass is 315 g/mol. The molecule has 1 aliphatic rings. The maximum atomic E-state index is 6.45. The van der Waals surface area contributed by atoms with Crippen LogP contribution in [0.2, 0.25) is 0 Å². The van der Waals surface area contributed by atoms with Crippen LogP contribution in [0, 0.1) is 0 Å². The van der Waals surface area contributed by atoms with Crippen LogP contribution >= 0.6 is 15.9 Å². The zero-order valence-corrected chi connectivity index (χ0v) is 12.4. The number of aryl methyl sites for hydroxylation is 1. The third-order valence-electron chi connectivity index (χ3n) is 4.08. The average Bonchev–Trinajstić information content (AvgIpc) is 2.85. The summed E-state index contributed by atoms with van der Waals surface area (Å²) in [7, 11) is 0. The molecule has 98 valence electrons. The van der Waals surface area contributed by atoms with E-state index in [4.69, 9.17) is 5.73 Å². The largest absolute Gasteiger partial charge is 0.327 e. The van der Waals surface area contributed by atoms with Gasteiger partial charge in [-0.25, -0.2) is 0 Å². The van der Waals surface area contributed by atoms with Crippen molar-refractivity contribution in [2.24, 2.45) is 5.73 Å². The molecule has 19 heavy (non-hydrogen) atoms. The smallest absolute Gasteiger partial charge is 0.0175 e. The van der Waals surface area contributed by atoms with Gasteiger partial charge in [0.1, 0.15) is 0 Å². The number of hydrogen-bond acceptors (Lipinski definition) is 1. The van der Waals surface area contributed by atoms with Crippen LogP contribution in [0.5, 0.6) is 0 Å². The highest BCUT2D eigenvalue weighted by molar-refractivity contribution is 9.10. The van der Waals surface area contributed by atoms with Gasteiger partial charge < -0.3 is 5.73 Å². The van der Waals surface area contributed by atoms with Gasteiger partial charge in [-0.2, -0.15) is 0 Å². The molecule has 0 amide bonds. The fourth-order valence-corrected chi connectivity index (χ4v) is 3.33. The van der Waals surface area contributed by atoms with Crippen LogP contribution < -0.4 is 5.73 Å². The van der Waals surface area contributed by atoms with E-state index < -0.39 is 0 Å². The van der Waals surface area contributed by atoms with Crippen LogP contribution in [0.1, 0.15) is 29.0 Å². The Hall–Kier alpha value is -1.12. The predicted octanol–water partition coefficient (Wildman–Crippen LogP) is 4.05. The van der Waals surface area contributed by atoms with Gasteiger partial charge in [-0.05, 0) is 54.0 Å². The molecule has 1 nitrogen and oxygen atoms in total. The molecule has 0 saturated carbocycles. The Kier molecular flexibility index (Phi) is 3.72. The first-order chi connectivity index (χ1) is 9.24. The summed E-state index contributed by atoms with van der Waals surface area (Å²) in [5.41, 5.74) is 10.7. The van der Waals surface area contributed by atoms with E-state index in [0.29, 0.717) is 5.92 Å². The molecule has 2 aromatic carbocycles. The molecule has 0 heterocycles. The summed E-state index contributed by atoms with van der Waals surface area (Å²) in [5, 5.41) is 0. The Bertz CT molecular complexity index is 562. The Labute approximate surface area is 123 Å². The summed E-state index contributed by atoms with van der Waals surface area (Å²) < 4.78 is 1.12.